The molecule has 0 saturated heterocycles. The number of aliphatic carboxylic acids is 1. The molecule has 6 nitrogen and oxygen atoms in total. The van der Waals surface area contributed by atoms with Gasteiger partial charge in [0.2, 0.25) is 11.8 Å². The fourth-order valence-corrected chi connectivity index (χ4v) is 4.18. The van der Waals surface area contributed by atoms with Crippen LogP contribution < -0.4 is 10.6 Å². The molecule has 2 amide bonds. The summed E-state index contributed by atoms with van der Waals surface area (Å²) >= 11 is 7.58. The number of carboxylic acid groups (broad SMARTS) is 1. The summed E-state index contributed by atoms with van der Waals surface area (Å²) in [7, 11) is 0. The van der Waals surface area contributed by atoms with Gasteiger partial charge in [0.05, 0.1) is 6.42 Å². The third-order valence-electron chi connectivity index (χ3n) is 4.74. The molecule has 170 valence electrons. The largest absolute Gasteiger partial charge is 0.481 e. The molecular formula is C25H23ClN2O4S. The highest BCUT2D eigenvalue weighted by molar-refractivity contribution is 8.00. The molecule has 0 spiro atoms. The van der Waals surface area contributed by atoms with E-state index in [1.807, 2.05) is 61.5 Å². The normalized spacial score (nSPS) is 11.5. The number of anilines is 2. The van der Waals surface area contributed by atoms with Gasteiger partial charge in [-0.15, -0.1) is 11.8 Å². The molecule has 0 aromatic heterocycles. The first-order valence-corrected chi connectivity index (χ1v) is 11.5. The van der Waals surface area contributed by atoms with E-state index in [2.05, 4.69) is 10.6 Å². The Balaban J connectivity index is 1.72. The molecule has 0 aliphatic rings. The lowest BCUT2D eigenvalue weighted by Crippen LogP contribution is -2.19. The topological polar surface area (TPSA) is 95.5 Å². The van der Waals surface area contributed by atoms with Crippen LogP contribution >= 0.6 is 23.4 Å². The predicted octanol–water partition coefficient (Wildman–Crippen LogP) is 5.92. The number of nitrogens with one attached hydrogen (secondary N) is 2. The number of amides is 2. The number of hydrogen-bond donors (Lipinski definition) is 3. The van der Waals surface area contributed by atoms with Crippen LogP contribution in [-0.2, 0) is 14.4 Å². The van der Waals surface area contributed by atoms with Crippen LogP contribution in [0.2, 0.25) is 5.02 Å². The molecule has 0 aliphatic heterocycles. The van der Waals surface area contributed by atoms with E-state index in [0.717, 1.165) is 16.0 Å². The first kappa shape index (κ1) is 24.4. The summed E-state index contributed by atoms with van der Waals surface area (Å²) in [5.41, 5.74) is 2.96. The lowest BCUT2D eigenvalue weighted by Gasteiger charge is -2.18. The van der Waals surface area contributed by atoms with Crippen LogP contribution in [0.25, 0.3) is 0 Å². The average Bonchev–Trinajstić information content (AvgIpc) is 2.80. The van der Waals surface area contributed by atoms with Crippen LogP contribution in [0, 0.1) is 6.92 Å². The van der Waals surface area contributed by atoms with Crippen molar-refractivity contribution in [2.24, 2.45) is 0 Å². The summed E-state index contributed by atoms with van der Waals surface area (Å²) in [6.07, 6.45) is -0.315. The van der Waals surface area contributed by atoms with Crippen molar-refractivity contribution in [3.63, 3.8) is 0 Å². The molecule has 0 aliphatic carbocycles. The zero-order valence-electron chi connectivity index (χ0n) is 17.9. The van der Waals surface area contributed by atoms with Crippen molar-refractivity contribution in [1.29, 1.82) is 0 Å². The summed E-state index contributed by atoms with van der Waals surface area (Å²) in [5, 5.41) is 14.4. The van der Waals surface area contributed by atoms with Gasteiger partial charge >= 0.3 is 5.97 Å². The van der Waals surface area contributed by atoms with Gasteiger partial charge in [-0.25, -0.2) is 0 Å². The quantitative estimate of drug-likeness (QED) is 0.329. The Morgan fingerprint density at radius 2 is 1.58 bits per heavy atom. The van der Waals surface area contributed by atoms with E-state index in [1.165, 1.54) is 11.8 Å². The molecule has 0 radical (unpaired) electrons. The molecule has 8 heteroatoms. The summed E-state index contributed by atoms with van der Waals surface area (Å²) in [5.74, 6) is -1.57. The van der Waals surface area contributed by atoms with Crippen LogP contribution in [-0.4, -0.2) is 22.9 Å². The first-order valence-electron chi connectivity index (χ1n) is 10.2. The Morgan fingerprint density at radius 1 is 0.909 bits per heavy atom. The SMILES string of the molecule is Cc1ccc(NC(=O)C(Sc2ccc(NC(=O)CCC(=O)O)cc2)c2ccccc2)cc1Cl. The Kier molecular flexibility index (Phi) is 8.52. The minimum absolute atomic E-state index is 0.0921. The maximum absolute atomic E-state index is 13.2. The van der Waals surface area contributed by atoms with Gasteiger partial charge in [-0.05, 0) is 54.4 Å². The second-order valence-corrected chi connectivity index (χ2v) is 8.91. The monoisotopic (exact) mass is 482 g/mol. The van der Waals surface area contributed by atoms with Crippen molar-refractivity contribution in [2.45, 2.75) is 29.9 Å². The molecule has 33 heavy (non-hydrogen) atoms. The maximum atomic E-state index is 13.2. The summed E-state index contributed by atoms with van der Waals surface area (Å²) < 4.78 is 0. The average molecular weight is 483 g/mol. The molecule has 3 N–H and O–H groups in total. The van der Waals surface area contributed by atoms with Crippen LogP contribution in [0.1, 0.15) is 29.2 Å². The minimum atomic E-state index is -1.02. The van der Waals surface area contributed by atoms with E-state index in [4.69, 9.17) is 16.7 Å². The number of halogens is 1. The van der Waals surface area contributed by atoms with Gasteiger partial charge in [0.1, 0.15) is 5.25 Å². The van der Waals surface area contributed by atoms with E-state index in [0.29, 0.717) is 16.4 Å². The molecule has 0 fully saturated rings. The molecule has 1 atom stereocenters. The number of carbonyl (C=O) groups is 3. The van der Waals surface area contributed by atoms with Gasteiger partial charge in [0.25, 0.3) is 0 Å². The summed E-state index contributed by atoms with van der Waals surface area (Å²) in [6.45, 7) is 1.90. The van der Waals surface area contributed by atoms with Crippen LogP contribution in [0.3, 0.4) is 0 Å². The van der Waals surface area contributed by atoms with Gasteiger partial charge in [0, 0.05) is 27.7 Å². The Bertz CT molecular complexity index is 1140. The minimum Gasteiger partial charge on any atom is -0.481 e. The van der Waals surface area contributed by atoms with E-state index in [-0.39, 0.29) is 24.7 Å². The van der Waals surface area contributed by atoms with E-state index < -0.39 is 11.2 Å². The number of thioether (sulfide) groups is 1. The molecule has 1 unspecified atom stereocenters. The highest BCUT2D eigenvalue weighted by Crippen LogP contribution is 2.37. The third-order valence-corrected chi connectivity index (χ3v) is 6.41. The van der Waals surface area contributed by atoms with Gasteiger partial charge in [0.15, 0.2) is 0 Å². The maximum Gasteiger partial charge on any atom is 0.303 e. The number of hydrogen-bond acceptors (Lipinski definition) is 4. The lowest BCUT2D eigenvalue weighted by atomic mass is 10.1. The van der Waals surface area contributed by atoms with Crippen molar-refractivity contribution in [1.82, 2.24) is 0 Å². The molecular weight excluding hydrogens is 460 g/mol. The van der Waals surface area contributed by atoms with E-state index >= 15 is 0 Å². The first-order chi connectivity index (χ1) is 15.8. The Morgan fingerprint density at radius 3 is 2.21 bits per heavy atom. The molecule has 0 heterocycles. The smallest absolute Gasteiger partial charge is 0.303 e. The zero-order valence-corrected chi connectivity index (χ0v) is 19.5. The standard InChI is InChI=1S/C25H23ClN2O4S/c1-16-7-8-19(15-21(16)26)28-25(32)24(17-5-3-2-4-6-17)33-20-11-9-18(10-12-20)27-22(29)13-14-23(30)31/h2-12,15,24H,13-14H2,1H3,(H,27,29)(H,28,32)(H,30,31). The second kappa shape index (κ2) is 11.5. The molecule has 3 rings (SSSR count). The van der Waals surface area contributed by atoms with Gasteiger partial charge < -0.3 is 15.7 Å². The highest BCUT2D eigenvalue weighted by Gasteiger charge is 2.22. The molecule has 0 saturated carbocycles. The molecule has 3 aromatic rings. The van der Waals surface area contributed by atoms with Gasteiger partial charge in [-0.3, -0.25) is 14.4 Å². The van der Waals surface area contributed by atoms with E-state index in [9.17, 15) is 14.4 Å². The number of benzene rings is 3. The highest BCUT2D eigenvalue weighted by atomic mass is 35.5. The predicted molar refractivity (Wildman–Crippen MR) is 132 cm³/mol. The number of carbonyl (C=O) groups excluding carboxylic acids is 2. The fraction of sp³-hybridized carbons (Fsp3) is 0.160. The molecule has 3 aromatic carbocycles. The number of aryl methyl sites for hydroxylation is 1. The molecule has 0 bridgehead atoms. The zero-order chi connectivity index (χ0) is 23.8. The van der Waals surface area contributed by atoms with Gasteiger partial charge in [-0.2, -0.15) is 0 Å². The second-order valence-electron chi connectivity index (χ2n) is 7.33. The summed E-state index contributed by atoms with van der Waals surface area (Å²) in [6, 6.07) is 21.9. The Hall–Kier alpha value is -3.29. The number of carboxylic acids is 1. The van der Waals surface area contributed by atoms with Crippen LogP contribution in [0.5, 0.6) is 0 Å². The Labute approximate surface area is 201 Å². The van der Waals surface area contributed by atoms with E-state index in [1.54, 1.807) is 18.2 Å². The summed E-state index contributed by atoms with van der Waals surface area (Å²) in [4.78, 5) is 36.4. The fourth-order valence-electron chi connectivity index (χ4n) is 2.98. The third kappa shape index (κ3) is 7.37. The van der Waals surface area contributed by atoms with Crippen LogP contribution in [0.15, 0.2) is 77.7 Å². The van der Waals surface area contributed by atoms with Gasteiger partial charge in [-0.1, -0.05) is 48.0 Å². The van der Waals surface area contributed by atoms with Crippen molar-refractivity contribution < 1.29 is 19.5 Å². The van der Waals surface area contributed by atoms with Crippen molar-refractivity contribution in [3.05, 3.63) is 88.9 Å². The van der Waals surface area contributed by atoms with Crippen molar-refractivity contribution in [3.8, 4) is 0 Å². The lowest BCUT2D eigenvalue weighted by molar-refractivity contribution is -0.138. The number of rotatable bonds is 9. The van der Waals surface area contributed by atoms with Crippen molar-refractivity contribution in [2.75, 3.05) is 10.6 Å². The van der Waals surface area contributed by atoms with Crippen molar-refractivity contribution >= 4 is 52.5 Å². The van der Waals surface area contributed by atoms with Crippen LogP contribution in [0.4, 0.5) is 11.4 Å².